The summed E-state index contributed by atoms with van der Waals surface area (Å²) < 4.78 is 0. The van der Waals surface area contributed by atoms with Crippen LogP contribution in [0.25, 0.3) is 0 Å². The van der Waals surface area contributed by atoms with Crippen molar-refractivity contribution in [1.29, 1.82) is 0 Å². The molecule has 0 atom stereocenters. The fourth-order valence-electron chi connectivity index (χ4n) is 2.17. The van der Waals surface area contributed by atoms with E-state index in [9.17, 15) is 0 Å². The van der Waals surface area contributed by atoms with Crippen molar-refractivity contribution in [2.45, 2.75) is 66.2 Å². The van der Waals surface area contributed by atoms with Gasteiger partial charge in [0.2, 0.25) is 0 Å². The summed E-state index contributed by atoms with van der Waals surface area (Å²) in [6.45, 7) is 8.69. The van der Waals surface area contributed by atoms with Crippen molar-refractivity contribution in [2.75, 3.05) is 0 Å². The molecule has 0 spiro atoms. The molecule has 0 fully saturated rings. The quantitative estimate of drug-likeness (QED) is 0.567. The number of allylic oxidation sites excluding steroid dienone is 8. The zero-order chi connectivity index (χ0) is 13.4. The van der Waals surface area contributed by atoms with E-state index in [0.29, 0.717) is 0 Å². The average molecular weight is 405 g/mol. The average Bonchev–Trinajstić information content (AvgIpc) is 2.90. The standard InChI is InChI=1S/2C9H13.2ClH.Zr/c2*1-3-4-9-6-5-8(2)7-9;;;/h2*6H,3-5H2,1-2H3;2*1H;/q2*-1;;;+4/p-2. The summed E-state index contributed by atoms with van der Waals surface area (Å²) >= 11 is 0. The minimum absolute atomic E-state index is 0. The van der Waals surface area contributed by atoms with E-state index in [1.54, 1.807) is 0 Å². The molecule has 0 aromatic rings. The van der Waals surface area contributed by atoms with Crippen LogP contribution >= 0.6 is 0 Å². The first-order valence-corrected chi connectivity index (χ1v) is 7.22. The molecular weight excluding hydrogens is 378 g/mol. The zero-order valence-electron chi connectivity index (χ0n) is 13.7. The second-order valence-electron chi connectivity index (χ2n) is 5.18. The Balaban J connectivity index is -0.000000270. The van der Waals surface area contributed by atoms with E-state index >= 15 is 0 Å². The van der Waals surface area contributed by atoms with Crippen molar-refractivity contribution in [1.82, 2.24) is 0 Å². The Morgan fingerprint density at radius 2 is 1.14 bits per heavy atom. The van der Waals surface area contributed by atoms with Gasteiger partial charge in [-0.05, 0) is 0 Å². The van der Waals surface area contributed by atoms with E-state index < -0.39 is 0 Å². The molecule has 0 N–H and O–H groups in total. The minimum Gasteiger partial charge on any atom is -1.00 e. The van der Waals surface area contributed by atoms with Crippen LogP contribution in [0.1, 0.15) is 66.2 Å². The van der Waals surface area contributed by atoms with Crippen molar-refractivity contribution in [3.8, 4) is 0 Å². The van der Waals surface area contributed by atoms with E-state index in [1.807, 2.05) is 0 Å². The fourth-order valence-corrected chi connectivity index (χ4v) is 2.17. The van der Waals surface area contributed by atoms with Crippen molar-refractivity contribution in [3.63, 3.8) is 0 Å². The van der Waals surface area contributed by atoms with Gasteiger partial charge in [0.15, 0.2) is 0 Å². The van der Waals surface area contributed by atoms with Gasteiger partial charge in [-0.2, -0.15) is 11.1 Å². The first-order valence-electron chi connectivity index (χ1n) is 7.22. The third kappa shape index (κ3) is 11.6. The van der Waals surface area contributed by atoms with Crippen molar-refractivity contribution >= 4 is 0 Å². The number of hydrogen-bond acceptors (Lipinski definition) is 0. The number of halogens is 2. The summed E-state index contributed by atoms with van der Waals surface area (Å²) in [5.74, 6) is 0. The van der Waals surface area contributed by atoms with Crippen LogP contribution in [0.3, 0.4) is 0 Å². The maximum atomic E-state index is 3.33. The Morgan fingerprint density at radius 3 is 1.33 bits per heavy atom. The summed E-state index contributed by atoms with van der Waals surface area (Å²) in [7, 11) is 0. The molecule has 0 amide bonds. The SMILES string of the molecule is CCCC1=CCC(C)=[C-]1.CCCC1=CCC(C)=[C-]1.[Cl-].[Cl-].[Zr+4]. The molecule has 0 heterocycles. The molecule has 2 rings (SSSR count). The molecule has 0 nitrogen and oxygen atoms in total. The van der Waals surface area contributed by atoms with Crippen LogP contribution in [0.15, 0.2) is 34.4 Å². The van der Waals surface area contributed by atoms with Crippen molar-refractivity contribution in [3.05, 3.63) is 46.6 Å². The molecule has 3 heteroatoms. The summed E-state index contributed by atoms with van der Waals surface area (Å²) in [6, 6.07) is 0. The Bertz CT molecular complexity index is 352. The zero-order valence-corrected chi connectivity index (χ0v) is 17.6. The minimum atomic E-state index is 0. The van der Waals surface area contributed by atoms with E-state index in [4.69, 9.17) is 0 Å². The van der Waals surface area contributed by atoms with Crippen molar-refractivity contribution < 1.29 is 51.0 Å². The maximum Gasteiger partial charge on any atom is 4.00 e. The molecule has 0 unspecified atom stereocenters. The number of hydrogen-bond donors (Lipinski definition) is 0. The van der Waals surface area contributed by atoms with Gasteiger partial charge >= 0.3 is 26.2 Å². The van der Waals surface area contributed by atoms with Crippen LogP contribution in [0.4, 0.5) is 0 Å². The second kappa shape index (κ2) is 15.3. The van der Waals surface area contributed by atoms with Gasteiger partial charge < -0.3 is 24.8 Å². The van der Waals surface area contributed by atoms with Gasteiger partial charge in [0.05, 0.1) is 0 Å². The van der Waals surface area contributed by atoms with Gasteiger partial charge in [0.1, 0.15) is 0 Å². The van der Waals surface area contributed by atoms with Gasteiger partial charge in [-0.1, -0.05) is 66.2 Å². The Kier molecular flexibility index (Phi) is 19.2. The van der Waals surface area contributed by atoms with Gasteiger partial charge in [0, 0.05) is 0 Å². The van der Waals surface area contributed by atoms with Gasteiger partial charge in [0.25, 0.3) is 0 Å². The summed E-state index contributed by atoms with van der Waals surface area (Å²) in [5.41, 5.74) is 5.60. The molecule has 21 heavy (non-hydrogen) atoms. The van der Waals surface area contributed by atoms with E-state index in [2.05, 4.69) is 52.0 Å². The molecule has 116 valence electrons. The Hall–Kier alpha value is 0.423. The first-order chi connectivity index (χ1) is 8.65. The topological polar surface area (TPSA) is 0 Å². The van der Waals surface area contributed by atoms with E-state index in [0.717, 1.165) is 12.8 Å². The van der Waals surface area contributed by atoms with Crippen molar-refractivity contribution in [2.24, 2.45) is 0 Å². The van der Waals surface area contributed by atoms with Crippen LogP contribution < -0.4 is 24.8 Å². The fraction of sp³-hybridized carbons (Fsp3) is 0.556. The summed E-state index contributed by atoms with van der Waals surface area (Å²) in [5, 5.41) is 0. The van der Waals surface area contributed by atoms with Crippen LogP contribution in [0, 0.1) is 12.2 Å². The van der Waals surface area contributed by atoms with Gasteiger partial charge in [-0.15, -0.1) is 0 Å². The summed E-state index contributed by atoms with van der Waals surface area (Å²) in [6.07, 6.45) is 18.4. The molecule has 0 aromatic carbocycles. The Morgan fingerprint density at radius 1 is 0.810 bits per heavy atom. The molecule has 2 aliphatic rings. The van der Waals surface area contributed by atoms with E-state index in [1.165, 1.54) is 48.0 Å². The molecule has 0 saturated carbocycles. The second-order valence-corrected chi connectivity index (χ2v) is 5.18. The van der Waals surface area contributed by atoms with Crippen LogP contribution in [0.5, 0.6) is 0 Å². The van der Waals surface area contributed by atoms with Gasteiger partial charge in [-0.25, -0.2) is 35.5 Å². The predicted octanol–water partition coefficient (Wildman–Crippen LogP) is -0.262. The predicted molar refractivity (Wildman–Crippen MR) is 80.1 cm³/mol. The summed E-state index contributed by atoms with van der Waals surface area (Å²) in [4.78, 5) is 0. The molecule has 0 saturated heterocycles. The maximum absolute atomic E-state index is 3.33. The molecule has 0 bridgehead atoms. The van der Waals surface area contributed by atoms with Crippen LogP contribution in [-0.4, -0.2) is 0 Å². The van der Waals surface area contributed by atoms with Crippen LogP contribution in [0.2, 0.25) is 0 Å². The van der Waals surface area contributed by atoms with Gasteiger partial charge in [-0.3, -0.25) is 0 Å². The molecule has 2 aliphatic carbocycles. The third-order valence-corrected chi connectivity index (χ3v) is 3.10. The first kappa shape index (κ1) is 26.3. The third-order valence-electron chi connectivity index (χ3n) is 3.10. The largest absolute Gasteiger partial charge is 4.00 e. The monoisotopic (exact) mass is 402 g/mol. The molecule has 0 radical (unpaired) electrons. The molecular formula is C18H26Cl2Zr. The molecule has 0 aromatic heterocycles. The Labute approximate surface area is 163 Å². The van der Waals surface area contributed by atoms with Crippen LogP contribution in [-0.2, 0) is 26.2 Å². The number of rotatable bonds is 4. The molecule has 0 aliphatic heterocycles. The van der Waals surface area contributed by atoms with E-state index in [-0.39, 0.29) is 51.0 Å². The normalized spacial score (nSPS) is 15.0. The smallest absolute Gasteiger partial charge is 1.00 e.